The summed E-state index contributed by atoms with van der Waals surface area (Å²) in [4.78, 5) is 0. The molecular weight excluding hydrogens is 204 g/mol. The van der Waals surface area contributed by atoms with Crippen LogP contribution in [0.5, 0.6) is 5.75 Å². The normalized spacial score (nSPS) is 10.4. The monoisotopic (exact) mass is 224 g/mol. The summed E-state index contributed by atoms with van der Waals surface area (Å²) in [6.07, 6.45) is 0.860. The lowest BCUT2D eigenvalue weighted by molar-refractivity contribution is 0.289. The van der Waals surface area contributed by atoms with Crippen molar-refractivity contribution in [1.82, 2.24) is 5.32 Å². The Kier molecular flexibility index (Phi) is 6.56. The topological polar surface area (TPSA) is 67.5 Å². The van der Waals surface area contributed by atoms with Crippen LogP contribution >= 0.6 is 0 Å². The number of ether oxygens (including phenoxy) is 1. The summed E-state index contributed by atoms with van der Waals surface area (Å²) < 4.78 is 5.63. The van der Waals surface area contributed by atoms with Crippen molar-refractivity contribution in [2.75, 3.05) is 26.3 Å². The fourth-order valence-corrected chi connectivity index (χ4v) is 1.36. The Morgan fingerprint density at radius 3 is 2.88 bits per heavy atom. The van der Waals surface area contributed by atoms with Crippen molar-refractivity contribution in [3.63, 3.8) is 0 Å². The first-order valence-electron chi connectivity index (χ1n) is 5.61. The van der Waals surface area contributed by atoms with E-state index in [-0.39, 0.29) is 6.61 Å². The van der Waals surface area contributed by atoms with Crippen LogP contribution in [0.4, 0.5) is 0 Å². The minimum Gasteiger partial charge on any atom is -0.493 e. The Labute approximate surface area is 96.4 Å². The van der Waals surface area contributed by atoms with E-state index in [1.54, 1.807) is 0 Å². The van der Waals surface area contributed by atoms with Gasteiger partial charge < -0.3 is 20.9 Å². The molecule has 0 saturated heterocycles. The number of nitrogens with two attached hydrogens (primary N) is 1. The summed E-state index contributed by atoms with van der Waals surface area (Å²) in [6.45, 7) is 2.74. The van der Waals surface area contributed by atoms with Crippen molar-refractivity contribution in [3.05, 3.63) is 29.8 Å². The fraction of sp³-hybridized carbons (Fsp3) is 0.500. The second-order valence-corrected chi connectivity index (χ2v) is 3.50. The largest absolute Gasteiger partial charge is 0.493 e. The van der Waals surface area contributed by atoms with Gasteiger partial charge in [0.05, 0.1) is 13.2 Å². The van der Waals surface area contributed by atoms with E-state index in [9.17, 15) is 0 Å². The van der Waals surface area contributed by atoms with E-state index >= 15 is 0 Å². The highest BCUT2D eigenvalue weighted by atomic mass is 16.5. The molecule has 90 valence electrons. The van der Waals surface area contributed by atoms with Gasteiger partial charge in [-0.1, -0.05) is 18.2 Å². The van der Waals surface area contributed by atoms with Gasteiger partial charge in [0, 0.05) is 18.7 Å². The summed E-state index contributed by atoms with van der Waals surface area (Å²) in [5.74, 6) is 0.890. The Morgan fingerprint density at radius 2 is 2.12 bits per heavy atom. The van der Waals surface area contributed by atoms with E-state index < -0.39 is 0 Å². The molecule has 16 heavy (non-hydrogen) atoms. The second kappa shape index (κ2) is 8.10. The van der Waals surface area contributed by atoms with Gasteiger partial charge in [0.1, 0.15) is 5.75 Å². The maximum Gasteiger partial charge on any atom is 0.123 e. The molecule has 1 aromatic carbocycles. The van der Waals surface area contributed by atoms with E-state index in [1.807, 2.05) is 24.3 Å². The number of aliphatic hydroxyl groups is 1. The Balaban J connectivity index is 2.46. The van der Waals surface area contributed by atoms with Crippen LogP contribution in [-0.2, 0) is 6.54 Å². The Bertz CT molecular complexity index is 263. The summed E-state index contributed by atoms with van der Waals surface area (Å²) in [5, 5.41) is 11.8. The molecule has 4 nitrogen and oxygen atoms in total. The molecule has 4 heteroatoms. The van der Waals surface area contributed by atoms with Crippen LogP contribution in [0.2, 0.25) is 0 Å². The van der Waals surface area contributed by atoms with E-state index in [0.29, 0.717) is 26.2 Å². The zero-order valence-corrected chi connectivity index (χ0v) is 9.48. The second-order valence-electron chi connectivity index (χ2n) is 3.50. The molecule has 0 fully saturated rings. The third-order valence-electron chi connectivity index (χ3n) is 2.18. The first-order chi connectivity index (χ1) is 7.88. The molecule has 0 aliphatic rings. The third-order valence-corrected chi connectivity index (χ3v) is 2.18. The Morgan fingerprint density at radius 1 is 1.31 bits per heavy atom. The van der Waals surface area contributed by atoms with Crippen LogP contribution in [0.3, 0.4) is 0 Å². The highest BCUT2D eigenvalue weighted by molar-refractivity contribution is 5.33. The van der Waals surface area contributed by atoms with Gasteiger partial charge >= 0.3 is 0 Å². The summed E-state index contributed by atoms with van der Waals surface area (Å²) in [7, 11) is 0. The molecule has 0 bridgehead atoms. The van der Waals surface area contributed by atoms with Crippen LogP contribution in [0, 0.1) is 0 Å². The van der Waals surface area contributed by atoms with Gasteiger partial charge in [0.25, 0.3) is 0 Å². The average Bonchev–Trinajstić information content (AvgIpc) is 2.32. The number of aliphatic hydroxyl groups excluding tert-OH is 1. The summed E-state index contributed by atoms with van der Waals surface area (Å²) in [6, 6.07) is 7.90. The predicted octanol–water partition coefficient (Wildman–Crippen LogP) is 0.496. The number of benzene rings is 1. The minimum absolute atomic E-state index is 0.149. The Hall–Kier alpha value is -1.10. The van der Waals surface area contributed by atoms with E-state index in [4.69, 9.17) is 15.6 Å². The molecule has 0 heterocycles. The molecule has 0 amide bonds. The number of para-hydroxylation sites is 1. The van der Waals surface area contributed by atoms with Gasteiger partial charge in [0.2, 0.25) is 0 Å². The summed E-state index contributed by atoms with van der Waals surface area (Å²) in [5.41, 5.74) is 6.51. The van der Waals surface area contributed by atoms with E-state index in [2.05, 4.69) is 5.32 Å². The quantitative estimate of drug-likeness (QED) is 0.562. The highest BCUT2D eigenvalue weighted by Gasteiger charge is 2.01. The molecule has 0 aliphatic heterocycles. The van der Waals surface area contributed by atoms with Gasteiger partial charge in [-0.05, 0) is 19.0 Å². The maximum atomic E-state index is 8.68. The third kappa shape index (κ3) is 4.61. The molecule has 0 atom stereocenters. The molecule has 0 aliphatic carbocycles. The molecule has 0 spiro atoms. The fourth-order valence-electron chi connectivity index (χ4n) is 1.36. The predicted molar refractivity (Wildman–Crippen MR) is 64.4 cm³/mol. The van der Waals surface area contributed by atoms with Crippen LogP contribution in [0.1, 0.15) is 12.0 Å². The van der Waals surface area contributed by atoms with Crippen molar-refractivity contribution < 1.29 is 9.84 Å². The lowest BCUT2D eigenvalue weighted by atomic mass is 10.2. The number of nitrogens with one attached hydrogen (secondary N) is 1. The van der Waals surface area contributed by atoms with Gasteiger partial charge in [0.15, 0.2) is 0 Å². The molecule has 0 aromatic heterocycles. The van der Waals surface area contributed by atoms with Crippen LogP contribution in [0.25, 0.3) is 0 Å². The zero-order chi connectivity index (χ0) is 11.6. The maximum absolute atomic E-state index is 8.68. The van der Waals surface area contributed by atoms with E-state index in [0.717, 1.165) is 17.7 Å². The molecule has 1 rings (SSSR count). The summed E-state index contributed by atoms with van der Waals surface area (Å²) >= 11 is 0. The van der Waals surface area contributed by atoms with Gasteiger partial charge in [-0.3, -0.25) is 0 Å². The SMILES string of the molecule is NCCCOc1ccccc1CNCCO. The van der Waals surface area contributed by atoms with Gasteiger partial charge in [-0.25, -0.2) is 0 Å². The average molecular weight is 224 g/mol. The first-order valence-corrected chi connectivity index (χ1v) is 5.61. The number of hydrogen-bond acceptors (Lipinski definition) is 4. The molecule has 0 saturated carbocycles. The zero-order valence-electron chi connectivity index (χ0n) is 9.48. The van der Waals surface area contributed by atoms with Crippen LogP contribution < -0.4 is 15.8 Å². The van der Waals surface area contributed by atoms with Crippen molar-refractivity contribution in [1.29, 1.82) is 0 Å². The minimum atomic E-state index is 0.149. The van der Waals surface area contributed by atoms with Gasteiger partial charge in [-0.15, -0.1) is 0 Å². The smallest absolute Gasteiger partial charge is 0.123 e. The van der Waals surface area contributed by atoms with E-state index in [1.165, 1.54) is 0 Å². The van der Waals surface area contributed by atoms with Crippen molar-refractivity contribution >= 4 is 0 Å². The molecular formula is C12H20N2O2. The van der Waals surface area contributed by atoms with Crippen molar-refractivity contribution in [2.24, 2.45) is 5.73 Å². The number of hydrogen-bond donors (Lipinski definition) is 3. The van der Waals surface area contributed by atoms with Crippen LogP contribution in [-0.4, -0.2) is 31.4 Å². The number of rotatable bonds is 8. The van der Waals surface area contributed by atoms with Gasteiger partial charge in [-0.2, -0.15) is 0 Å². The highest BCUT2D eigenvalue weighted by Crippen LogP contribution is 2.17. The lowest BCUT2D eigenvalue weighted by Gasteiger charge is -2.11. The first kappa shape index (κ1) is 13.0. The molecule has 0 radical (unpaired) electrons. The van der Waals surface area contributed by atoms with Crippen LogP contribution in [0.15, 0.2) is 24.3 Å². The standard InChI is InChI=1S/C12H20N2O2/c13-6-3-9-16-12-5-2-1-4-11(12)10-14-7-8-15/h1-2,4-5,14-15H,3,6-10,13H2. The van der Waals surface area contributed by atoms with Crippen molar-refractivity contribution in [3.8, 4) is 5.75 Å². The molecule has 4 N–H and O–H groups in total. The lowest BCUT2D eigenvalue weighted by Crippen LogP contribution is -2.18. The molecule has 1 aromatic rings. The molecule has 0 unspecified atom stereocenters. The van der Waals surface area contributed by atoms with Crippen molar-refractivity contribution in [2.45, 2.75) is 13.0 Å².